The zero-order chi connectivity index (χ0) is 19.2. The average molecular weight is 375 g/mol. The fourth-order valence-corrected chi connectivity index (χ4v) is 4.35. The van der Waals surface area contributed by atoms with Crippen molar-refractivity contribution in [2.75, 3.05) is 24.4 Å². The summed E-state index contributed by atoms with van der Waals surface area (Å²) in [5.74, 6) is -0.289. The van der Waals surface area contributed by atoms with Gasteiger partial charge in [-0.25, -0.2) is 8.42 Å². The summed E-state index contributed by atoms with van der Waals surface area (Å²) >= 11 is 0. The van der Waals surface area contributed by atoms with Crippen molar-refractivity contribution in [3.63, 3.8) is 0 Å². The Morgan fingerprint density at radius 2 is 1.73 bits per heavy atom. The molecule has 140 valence electrons. The average Bonchev–Trinajstić information content (AvgIpc) is 2.66. The number of hydrogen-bond acceptors (Lipinski definition) is 4. The first-order valence-electron chi connectivity index (χ1n) is 8.70. The number of amides is 1. The maximum absolute atomic E-state index is 13.3. The molecule has 2 aromatic rings. The third kappa shape index (κ3) is 4.22. The molecule has 0 atom stereocenters. The van der Waals surface area contributed by atoms with Gasteiger partial charge in [-0.05, 0) is 37.6 Å². The standard InChI is InChI=1S/C19H25N3O3S/c1-4-6-15-21(3)19(23)17-9-7-8-10-18(17)26(24,25)22(5-2)16-11-13-20-14-12-16/h7-14H,4-6,15H2,1-3H3. The lowest BCUT2D eigenvalue weighted by Gasteiger charge is -2.25. The number of rotatable bonds is 8. The maximum atomic E-state index is 13.3. The van der Waals surface area contributed by atoms with E-state index in [1.54, 1.807) is 61.6 Å². The second kappa shape index (κ2) is 8.80. The largest absolute Gasteiger partial charge is 0.342 e. The molecule has 0 spiro atoms. The lowest BCUT2D eigenvalue weighted by molar-refractivity contribution is 0.0789. The molecule has 2 rings (SSSR count). The van der Waals surface area contributed by atoms with Gasteiger partial charge in [-0.15, -0.1) is 0 Å². The number of anilines is 1. The molecule has 0 bridgehead atoms. The molecule has 6 nitrogen and oxygen atoms in total. The molecular weight excluding hydrogens is 350 g/mol. The van der Waals surface area contributed by atoms with Crippen molar-refractivity contribution >= 4 is 21.6 Å². The summed E-state index contributed by atoms with van der Waals surface area (Å²) in [6.45, 7) is 4.65. The highest BCUT2D eigenvalue weighted by atomic mass is 32.2. The first kappa shape index (κ1) is 19.9. The van der Waals surface area contributed by atoms with Crippen LogP contribution in [0.1, 0.15) is 37.0 Å². The van der Waals surface area contributed by atoms with E-state index in [1.807, 2.05) is 6.92 Å². The zero-order valence-electron chi connectivity index (χ0n) is 15.4. The monoisotopic (exact) mass is 375 g/mol. The van der Waals surface area contributed by atoms with Crippen molar-refractivity contribution in [1.29, 1.82) is 0 Å². The van der Waals surface area contributed by atoms with Gasteiger partial charge in [0.05, 0.1) is 11.3 Å². The first-order valence-corrected chi connectivity index (χ1v) is 10.1. The minimum Gasteiger partial charge on any atom is -0.342 e. The van der Waals surface area contributed by atoms with Crippen LogP contribution in [0.5, 0.6) is 0 Å². The number of benzene rings is 1. The van der Waals surface area contributed by atoms with Crippen LogP contribution < -0.4 is 4.31 Å². The Morgan fingerprint density at radius 1 is 1.08 bits per heavy atom. The van der Waals surface area contributed by atoms with E-state index in [0.717, 1.165) is 12.8 Å². The van der Waals surface area contributed by atoms with E-state index in [0.29, 0.717) is 12.2 Å². The first-order chi connectivity index (χ1) is 12.4. The highest BCUT2D eigenvalue weighted by molar-refractivity contribution is 7.93. The summed E-state index contributed by atoms with van der Waals surface area (Å²) in [6, 6.07) is 9.65. The summed E-state index contributed by atoms with van der Waals surface area (Å²) in [4.78, 5) is 18.3. The van der Waals surface area contributed by atoms with E-state index in [4.69, 9.17) is 0 Å². The zero-order valence-corrected chi connectivity index (χ0v) is 16.2. The quantitative estimate of drug-likeness (QED) is 0.710. The Balaban J connectivity index is 2.46. The van der Waals surface area contributed by atoms with E-state index in [-0.39, 0.29) is 22.9 Å². The fraction of sp³-hybridized carbons (Fsp3) is 0.368. The van der Waals surface area contributed by atoms with Crippen LogP contribution in [-0.4, -0.2) is 44.3 Å². The molecule has 0 radical (unpaired) electrons. The Kier molecular flexibility index (Phi) is 6.74. The molecule has 0 aliphatic carbocycles. The van der Waals surface area contributed by atoms with Gasteiger partial charge in [-0.2, -0.15) is 0 Å². The van der Waals surface area contributed by atoms with Crippen LogP contribution in [0, 0.1) is 0 Å². The predicted molar refractivity (Wildman–Crippen MR) is 103 cm³/mol. The molecule has 26 heavy (non-hydrogen) atoms. The molecule has 0 aliphatic heterocycles. The Bertz CT molecular complexity index is 838. The molecule has 0 aliphatic rings. The van der Waals surface area contributed by atoms with Gasteiger partial charge in [0.15, 0.2) is 0 Å². The predicted octanol–water partition coefficient (Wildman–Crippen LogP) is 3.17. The van der Waals surface area contributed by atoms with E-state index in [1.165, 1.54) is 10.4 Å². The Morgan fingerprint density at radius 3 is 2.35 bits per heavy atom. The number of carbonyl (C=O) groups is 1. The molecule has 1 aromatic carbocycles. The number of aromatic nitrogens is 1. The van der Waals surface area contributed by atoms with Gasteiger partial charge in [0, 0.05) is 32.5 Å². The second-order valence-electron chi connectivity index (χ2n) is 5.95. The number of hydrogen-bond donors (Lipinski definition) is 0. The van der Waals surface area contributed by atoms with Crippen molar-refractivity contribution in [3.05, 3.63) is 54.4 Å². The normalized spacial score (nSPS) is 11.2. The topological polar surface area (TPSA) is 70.6 Å². The molecule has 0 N–H and O–H groups in total. The van der Waals surface area contributed by atoms with Crippen molar-refractivity contribution in [3.8, 4) is 0 Å². The third-order valence-corrected chi connectivity index (χ3v) is 6.08. The highest BCUT2D eigenvalue weighted by Crippen LogP contribution is 2.26. The van der Waals surface area contributed by atoms with Crippen LogP contribution in [0.3, 0.4) is 0 Å². The summed E-state index contributed by atoms with van der Waals surface area (Å²) in [7, 11) is -2.18. The molecular formula is C19H25N3O3S. The van der Waals surface area contributed by atoms with Crippen molar-refractivity contribution in [1.82, 2.24) is 9.88 Å². The minimum atomic E-state index is -3.88. The third-order valence-electron chi connectivity index (χ3n) is 4.12. The molecule has 7 heteroatoms. The smallest absolute Gasteiger partial charge is 0.265 e. The molecule has 0 fully saturated rings. The van der Waals surface area contributed by atoms with Gasteiger partial charge in [-0.1, -0.05) is 25.5 Å². The van der Waals surface area contributed by atoms with Crippen LogP contribution in [0.2, 0.25) is 0 Å². The maximum Gasteiger partial charge on any atom is 0.265 e. The second-order valence-corrected chi connectivity index (χ2v) is 7.78. The lowest BCUT2D eigenvalue weighted by Crippen LogP contribution is -2.34. The molecule has 0 unspecified atom stereocenters. The van der Waals surface area contributed by atoms with Crippen LogP contribution in [0.25, 0.3) is 0 Å². The lowest BCUT2D eigenvalue weighted by atomic mass is 10.2. The molecule has 0 saturated heterocycles. The number of carbonyl (C=O) groups excluding carboxylic acids is 1. The number of pyridine rings is 1. The van der Waals surface area contributed by atoms with Crippen LogP contribution in [-0.2, 0) is 10.0 Å². The van der Waals surface area contributed by atoms with Gasteiger partial charge < -0.3 is 4.90 Å². The van der Waals surface area contributed by atoms with Crippen LogP contribution in [0.15, 0.2) is 53.7 Å². The van der Waals surface area contributed by atoms with E-state index in [2.05, 4.69) is 4.98 Å². The van der Waals surface area contributed by atoms with E-state index >= 15 is 0 Å². The summed E-state index contributed by atoms with van der Waals surface area (Å²) in [6.07, 6.45) is 4.92. The van der Waals surface area contributed by atoms with E-state index in [9.17, 15) is 13.2 Å². The summed E-state index contributed by atoms with van der Waals surface area (Å²) in [5.41, 5.74) is 0.711. The SMILES string of the molecule is CCCCN(C)C(=O)c1ccccc1S(=O)(=O)N(CC)c1ccncc1. The Labute approximate surface area is 155 Å². The summed E-state index contributed by atoms with van der Waals surface area (Å²) in [5, 5.41) is 0. The van der Waals surface area contributed by atoms with Gasteiger partial charge in [0.1, 0.15) is 4.90 Å². The highest BCUT2D eigenvalue weighted by Gasteiger charge is 2.29. The fourth-order valence-electron chi connectivity index (χ4n) is 2.69. The van der Waals surface area contributed by atoms with Crippen LogP contribution in [0.4, 0.5) is 5.69 Å². The van der Waals surface area contributed by atoms with Crippen molar-refractivity contribution < 1.29 is 13.2 Å². The van der Waals surface area contributed by atoms with Gasteiger partial charge in [-0.3, -0.25) is 14.1 Å². The molecule has 1 amide bonds. The van der Waals surface area contributed by atoms with Crippen molar-refractivity contribution in [2.45, 2.75) is 31.6 Å². The van der Waals surface area contributed by atoms with E-state index < -0.39 is 10.0 Å². The molecule has 1 heterocycles. The molecule has 0 saturated carbocycles. The van der Waals surface area contributed by atoms with Crippen molar-refractivity contribution in [2.24, 2.45) is 0 Å². The minimum absolute atomic E-state index is 0.0204. The number of sulfonamides is 1. The van der Waals surface area contributed by atoms with Crippen LogP contribution >= 0.6 is 0 Å². The Hall–Kier alpha value is -2.41. The number of unbranched alkanes of at least 4 members (excludes halogenated alkanes) is 1. The van der Waals surface area contributed by atoms with Gasteiger partial charge in [0.2, 0.25) is 0 Å². The van der Waals surface area contributed by atoms with Gasteiger partial charge in [0.25, 0.3) is 15.9 Å². The van der Waals surface area contributed by atoms with Gasteiger partial charge >= 0.3 is 0 Å². The summed E-state index contributed by atoms with van der Waals surface area (Å²) < 4.78 is 27.8. The number of nitrogens with zero attached hydrogens (tertiary/aromatic N) is 3. The molecule has 1 aromatic heterocycles.